The quantitative estimate of drug-likeness (QED) is 0.113. The minimum Gasteiger partial charge on any atom is -0.481 e. The number of hydrogen-bond acceptors (Lipinski definition) is 4. The molecular weight excluding hydrogens is 442 g/mol. The molecule has 0 aliphatic heterocycles. The summed E-state index contributed by atoms with van der Waals surface area (Å²) in [5.74, 6) is -0.875. The molecule has 0 aromatic rings. The van der Waals surface area contributed by atoms with Gasteiger partial charge in [-0.1, -0.05) is 127 Å². The Morgan fingerprint density at radius 3 is 1.34 bits per heavy atom. The topological polar surface area (TPSA) is 77.8 Å². The Hall–Kier alpha value is -0.820. The Kier molecular flexibility index (Phi) is 22.7. The van der Waals surface area contributed by atoms with Crippen LogP contribution in [0.4, 0.5) is 0 Å². The summed E-state index contributed by atoms with van der Waals surface area (Å²) in [4.78, 5) is 23.3. The van der Waals surface area contributed by atoms with Crippen LogP contribution in [0.3, 0.4) is 0 Å². The summed E-state index contributed by atoms with van der Waals surface area (Å²) in [6, 6.07) is 0. The zero-order chi connectivity index (χ0) is 23.9. The molecule has 2 N–H and O–H groups in total. The molecule has 0 aromatic heterocycles. The zero-order valence-electron chi connectivity index (χ0n) is 20.3. The first-order chi connectivity index (χ1) is 15.5. The molecule has 188 valence electrons. The van der Waals surface area contributed by atoms with E-state index >= 15 is 0 Å². The molecule has 0 aliphatic carbocycles. The van der Waals surface area contributed by atoms with Crippen molar-refractivity contribution in [2.24, 2.45) is 0 Å². The van der Waals surface area contributed by atoms with Crippen LogP contribution in [0.15, 0.2) is 0 Å². The van der Waals surface area contributed by atoms with E-state index in [9.17, 15) is 9.59 Å². The number of carbonyl (C=O) groups is 2. The number of carboxylic acid groups (broad SMARTS) is 2. The number of nitrogens with zero attached hydrogens (tertiary/aromatic N) is 1. The zero-order valence-corrected chi connectivity index (χ0v) is 22.0. The number of thiocarbonyl (C=S) groups is 1. The molecule has 0 fully saturated rings. The third-order valence-corrected chi connectivity index (χ3v) is 7.28. The minimum atomic E-state index is -0.893. The summed E-state index contributed by atoms with van der Waals surface area (Å²) in [5.41, 5.74) is 0. The predicted molar refractivity (Wildman–Crippen MR) is 141 cm³/mol. The van der Waals surface area contributed by atoms with Gasteiger partial charge in [-0.2, -0.15) is 0 Å². The molecule has 32 heavy (non-hydrogen) atoms. The number of aliphatic carboxylic acids is 2. The summed E-state index contributed by atoms with van der Waals surface area (Å²) >= 11 is 6.94. The van der Waals surface area contributed by atoms with E-state index in [-0.39, 0.29) is 25.9 Å². The van der Waals surface area contributed by atoms with Crippen molar-refractivity contribution >= 4 is 40.2 Å². The lowest BCUT2D eigenvalue weighted by Gasteiger charge is -2.23. The highest BCUT2D eigenvalue weighted by Crippen LogP contribution is 2.16. The summed E-state index contributed by atoms with van der Waals surface area (Å²) in [5, 5.41) is 17.7. The second-order valence-electron chi connectivity index (χ2n) is 8.69. The number of rotatable bonds is 23. The van der Waals surface area contributed by atoms with Gasteiger partial charge in [-0.3, -0.25) is 9.59 Å². The SMILES string of the molecule is CCCCCCCCCCCCCCCCCCSC(=S)N(CCC(=O)O)CCC(=O)O. The summed E-state index contributed by atoms with van der Waals surface area (Å²) in [7, 11) is 0. The van der Waals surface area contributed by atoms with Crippen molar-refractivity contribution in [1.82, 2.24) is 4.90 Å². The van der Waals surface area contributed by atoms with Gasteiger partial charge in [-0.25, -0.2) is 0 Å². The van der Waals surface area contributed by atoms with Crippen LogP contribution in [0.1, 0.15) is 122 Å². The van der Waals surface area contributed by atoms with Gasteiger partial charge in [0, 0.05) is 18.8 Å². The molecule has 0 aromatic carbocycles. The molecule has 0 bridgehead atoms. The van der Waals surface area contributed by atoms with Gasteiger partial charge in [0.25, 0.3) is 0 Å². The highest BCUT2D eigenvalue weighted by atomic mass is 32.2. The van der Waals surface area contributed by atoms with Gasteiger partial charge < -0.3 is 15.1 Å². The van der Waals surface area contributed by atoms with Crippen molar-refractivity contribution in [3.8, 4) is 0 Å². The highest BCUT2D eigenvalue weighted by Gasteiger charge is 2.13. The molecule has 0 heterocycles. The maximum atomic E-state index is 10.8. The molecule has 0 saturated heterocycles. The summed E-state index contributed by atoms with van der Waals surface area (Å²) in [6.45, 7) is 2.81. The fraction of sp³-hybridized carbons (Fsp3) is 0.880. The first-order valence-electron chi connectivity index (χ1n) is 12.8. The second kappa shape index (κ2) is 23.3. The Bertz CT molecular complexity index is 471. The van der Waals surface area contributed by atoms with Gasteiger partial charge in [0.05, 0.1) is 12.8 Å². The molecular formula is C25H47NO4S2. The Balaban J connectivity index is 3.54. The number of hydrogen-bond donors (Lipinski definition) is 2. The lowest BCUT2D eigenvalue weighted by atomic mass is 10.0. The molecule has 0 unspecified atom stereocenters. The lowest BCUT2D eigenvalue weighted by molar-refractivity contribution is -0.137. The van der Waals surface area contributed by atoms with Crippen LogP contribution in [-0.4, -0.2) is 50.2 Å². The minimum absolute atomic E-state index is 0.0284. The third-order valence-electron chi connectivity index (χ3n) is 5.67. The van der Waals surface area contributed by atoms with Crippen LogP contribution in [0.2, 0.25) is 0 Å². The summed E-state index contributed by atoms with van der Waals surface area (Å²) < 4.78 is 0.619. The van der Waals surface area contributed by atoms with E-state index in [0.29, 0.717) is 4.32 Å². The summed E-state index contributed by atoms with van der Waals surface area (Å²) in [6.07, 6.45) is 21.5. The Labute approximate surface area is 206 Å². The molecule has 0 atom stereocenters. The van der Waals surface area contributed by atoms with Crippen LogP contribution in [0.5, 0.6) is 0 Å². The van der Waals surface area contributed by atoms with Gasteiger partial charge in [0.1, 0.15) is 4.32 Å². The average Bonchev–Trinajstić information content (AvgIpc) is 2.75. The van der Waals surface area contributed by atoms with Crippen molar-refractivity contribution in [2.45, 2.75) is 122 Å². The van der Waals surface area contributed by atoms with Crippen LogP contribution in [0.25, 0.3) is 0 Å². The van der Waals surface area contributed by atoms with E-state index in [0.717, 1.165) is 12.2 Å². The smallest absolute Gasteiger partial charge is 0.305 e. The first kappa shape index (κ1) is 31.2. The van der Waals surface area contributed by atoms with Crippen molar-refractivity contribution in [1.29, 1.82) is 0 Å². The Morgan fingerprint density at radius 1 is 0.656 bits per heavy atom. The van der Waals surface area contributed by atoms with Crippen LogP contribution < -0.4 is 0 Å². The fourth-order valence-electron chi connectivity index (χ4n) is 3.66. The average molecular weight is 490 g/mol. The number of thioether (sulfide) groups is 1. The monoisotopic (exact) mass is 489 g/mol. The molecule has 0 amide bonds. The molecule has 0 aliphatic rings. The Morgan fingerprint density at radius 2 is 1.00 bits per heavy atom. The molecule has 5 nitrogen and oxygen atoms in total. The van der Waals surface area contributed by atoms with E-state index in [4.69, 9.17) is 22.4 Å². The predicted octanol–water partition coefficient (Wildman–Crippen LogP) is 7.52. The lowest BCUT2D eigenvalue weighted by Crippen LogP contribution is -2.32. The van der Waals surface area contributed by atoms with E-state index in [2.05, 4.69) is 6.92 Å². The molecule has 0 rings (SSSR count). The van der Waals surface area contributed by atoms with Crippen LogP contribution in [-0.2, 0) is 9.59 Å². The van der Waals surface area contributed by atoms with Crippen molar-refractivity contribution in [3.63, 3.8) is 0 Å². The first-order valence-corrected chi connectivity index (χ1v) is 14.2. The second-order valence-corrected chi connectivity index (χ2v) is 10.4. The van der Waals surface area contributed by atoms with Crippen molar-refractivity contribution < 1.29 is 19.8 Å². The molecule has 7 heteroatoms. The van der Waals surface area contributed by atoms with E-state index in [1.165, 1.54) is 96.3 Å². The van der Waals surface area contributed by atoms with Gasteiger partial charge >= 0.3 is 11.9 Å². The van der Waals surface area contributed by atoms with Crippen LogP contribution in [0, 0.1) is 0 Å². The number of unbranched alkanes of at least 4 members (excludes halogenated alkanes) is 15. The largest absolute Gasteiger partial charge is 0.481 e. The normalized spacial score (nSPS) is 10.9. The maximum absolute atomic E-state index is 10.8. The molecule has 0 saturated carbocycles. The van der Waals surface area contributed by atoms with E-state index < -0.39 is 11.9 Å². The standard InChI is InChI=1S/C25H47NO4S2/c1-2-3-4-5-6-7-8-9-10-11-12-13-14-15-16-17-22-32-25(31)26(20-18-23(27)28)21-19-24(29)30/h2-22H2,1H3,(H,27,28)(H,29,30). The fourth-order valence-corrected chi connectivity index (χ4v) is 4.98. The molecule has 0 radical (unpaired) electrons. The highest BCUT2D eigenvalue weighted by molar-refractivity contribution is 8.22. The third kappa shape index (κ3) is 22.4. The van der Waals surface area contributed by atoms with Gasteiger partial charge in [-0.05, 0) is 6.42 Å². The van der Waals surface area contributed by atoms with Crippen molar-refractivity contribution in [3.05, 3.63) is 0 Å². The maximum Gasteiger partial charge on any atom is 0.305 e. The van der Waals surface area contributed by atoms with Crippen LogP contribution >= 0.6 is 24.0 Å². The molecule has 0 spiro atoms. The van der Waals surface area contributed by atoms with Gasteiger partial charge in [0.2, 0.25) is 0 Å². The van der Waals surface area contributed by atoms with E-state index in [1.54, 1.807) is 16.7 Å². The number of carboxylic acids is 2. The van der Waals surface area contributed by atoms with E-state index in [1.807, 2.05) is 0 Å². The van der Waals surface area contributed by atoms with Crippen molar-refractivity contribution in [2.75, 3.05) is 18.8 Å². The van der Waals surface area contributed by atoms with Gasteiger partial charge in [-0.15, -0.1) is 0 Å². The van der Waals surface area contributed by atoms with Gasteiger partial charge in [0.15, 0.2) is 0 Å².